The second-order valence-corrected chi connectivity index (χ2v) is 4.03. The lowest BCUT2D eigenvalue weighted by Gasteiger charge is -2.07. The van der Waals surface area contributed by atoms with E-state index >= 15 is 0 Å². The van der Waals surface area contributed by atoms with Gasteiger partial charge in [-0.05, 0) is 15.9 Å². The normalized spacial score (nSPS) is 10.0. The van der Waals surface area contributed by atoms with Crippen molar-refractivity contribution in [2.24, 2.45) is 0 Å². The van der Waals surface area contributed by atoms with Gasteiger partial charge in [0.15, 0.2) is 5.82 Å². The molecule has 0 aliphatic heterocycles. The van der Waals surface area contributed by atoms with Crippen LogP contribution >= 0.6 is 15.9 Å². The van der Waals surface area contributed by atoms with E-state index in [1.807, 2.05) is 0 Å². The quantitative estimate of drug-likeness (QED) is 0.834. The zero-order valence-corrected chi connectivity index (χ0v) is 10.7. The van der Waals surface area contributed by atoms with Gasteiger partial charge < -0.3 is 9.84 Å². The Balaban J connectivity index is 2.17. The van der Waals surface area contributed by atoms with Crippen molar-refractivity contribution in [3.63, 3.8) is 0 Å². The third kappa shape index (κ3) is 2.57. The Morgan fingerprint density at radius 2 is 2.44 bits per heavy atom. The first-order chi connectivity index (χ1) is 8.72. The molecule has 2 rings (SSSR count). The van der Waals surface area contributed by atoms with Crippen LogP contribution in [0.1, 0.15) is 5.82 Å². The van der Waals surface area contributed by atoms with Crippen molar-refractivity contribution in [2.75, 3.05) is 5.32 Å². The number of anilines is 1. The minimum atomic E-state index is -0.300. The Kier molecular flexibility index (Phi) is 3.74. The Bertz CT molecular complexity index is 629. The zero-order valence-electron chi connectivity index (χ0n) is 9.13. The second kappa shape index (κ2) is 5.46. The Labute approximate surface area is 110 Å². The van der Waals surface area contributed by atoms with Gasteiger partial charge in [0.05, 0.1) is 18.4 Å². The van der Waals surface area contributed by atoms with Crippen LogP contribution in [0.3, 0.4) is 0 Å². The first-order valence-electron chi connectivity index (χ1n) is 4.90. The summed E-state index contributed by atoms with van der Waals surface area (Å²) in [5.41, 5.74) is 0.240. The lowest BCUT2D eigenvalue weighted by Crippen LogP contribution is -2.24. The molecule has 0 atom stereocenters. The lowest BCUT2D eigenvalue weighted by atomic mass is 10.4. The van der Waals surface area contributed by atoms with Gasteiger partial charge in [-0.3, -0.25) is 4.79 Å². The molecule has 7 nitrogen and oxygen atoms in total. The van der Waals surface area contributed by atoms with Gasteiger partial charge in [-0.2, -0.15) is 10.1 Å². The molecule has 8 heteroatoms. The van der Waals surface area contributed by atoms with Gasteiger partial charge in [0.1, 0.15) is 11.0 Å². The Morgan fingerprint density at radius 3 is 3.11 bits per heavy atom. The van der Waals surface area contributed by atoms with Crippen LogP contribution in [0.25, 0.3) is 0 Å². The van der Waals surface area contributed by atoms with E-state index in [-0.39, 0.29) is 12.1 Å². The third-order valence-corrected chi connectivity index (χ3v) is 2.84. The summed E-state index contributed by atoms with van der Waals surface area (Å²) in [4.78, 5) is 15.7. The maximum atomic E-state index is 11.8. The molecule has 2 aromatic rings. The van der Waals surface area contributed by atoms with Crippen molar-refractivity contribution in [3.05, 3.63) is 33.2 Å². The average Bonchev–Trinajstić information content (AvgIpc) is 2.87. The largest absolute Gasteiger partial charge is 0.375 e. The summed E-state index contributed by atoms with van der Waals surface area (Å²) in [6.07, 6.45) is 7.87. The molecule has 0 spiro atoms. The minimum absolute atomic E-state index is 0.128. The van der Waals surface area contributed by atoms with Gasteiger partial charge >= 0.3 is 0 Å². The van der Waals surface area contributed by atoms with E-state index in [1.165, 1.54) is 17.3 Å². The number of aromatic nitrogens is 4. The number of hydrogen-bond acceptors (Lipinski definition) is 6. The Hall–Kier alpha value is -2.14. The second-order valence-electron chi connectivity index (χ2n) is 3.24. The maximum absolute atomic E-state index is 11.8. The summed E-state index contributed by atoms with van der Waals surface area (Å²) in [7, 11) is 0. The molecule has 0 bridgehead atoms. The molecule has 0 saturated carbocycles. The maximum Gasteiger partial charge on any atom is 0.284 e. The first kappa shape index (κ1) is 12.3. The predicted molar refractivity (Wildman–Crippen MR) is 66.7 cm³/mol. The van der Waals surface area contributed by atoms with E-state index < -0.39 is 0 Å². The summed E-state index contributed by atoms with van der Waals surface area (Å²) < 4.78 is 6.13. The van der Waals surface area contributed by atoms with Gasteiger partial charge in [-0.15, -0.1) is 6.42 Å². The van der Waals surface area contributed by atoms with Crippen LogP contribution < -0.4 is 10.9 Å². The molecule has 0 aliphatic carbocycles. The van der Waals surface area contributed by atoms with E-state index in [1.54, 1.807) is 0 Å². The predicted octanol–water partition coefficient (Wildman–Crippen LogP) is 0.634. The summed E-state index contributed by atoms with van der Waals surface area (Å²) in [6.45, 7) is 0.456. The molecule has 0 aromatic carbocycles. The highest BCUT2D eigenvalue weighted by atomic mass is 79.9. The van der Waals surface area contributed by atoms with Gasteiger partial charge in [-0.1, -0.05) is 11.1 Å². The molecular weight excluding hydrogens is 302 g/mol. The molecule has 18 heavy (non-hydrogen) atoms. The fourth-order valence-electron chi connectivity index (χ4n) is 1.23. The van der Waals surface area contributed by atoms with Gasteiger partial charge in [-0.25, -0.2) is 4.68 Å². The van der Waals surface area contributed by atoms with Crippen LogP contribution in [0.4, 0.5) is 5.69 Å². The number of halogens is 1. The van der Waals surface area contributed by atoms with Crippen molar-refractivity contribution in [2.45, 2.75) is 13.1 Å². The SMILES string of the molecule is C#CCn1ncc(NCc2ncon2)c(Br)c1=O. The molecule has 2 aromatic heterocycles. The molecule has 0 radical (unpaired) electrons. The van der Waals surface area contributed by atoms with Crippen LogP contribution in [-0.2, 0) is 13.1 Å². The highest BCUT2D eigenvalue weighted by Crippen LogP contribution is 2.16. The van der Waals surface area contributed by atoms with Crippen molar-refractivity contribution in [1.29, 1.82) is 0 Å². The van der Waals surface area contributed by atoms with Crippen LogP contribution in [0.2, 0.25) is 0 Å². The van der Waals surface area contributed by atoms with Crippen LogP contribution in [0.15, 0.2) is 26.4 Å². The summed E-state index contributed by atoms with van der Waals surface area (Å²) >= 11 is 3.20. The van der Waals surface area contributed by atoms with E-state index in [9.17, 15) is 4.79 Å². The monoisotopic (exact) mass is 309 g/mol. The summed E-state index contributed by atoms with van der Waals surface area (Å²) in [6, 6.07) is 0. The number of rotatable bonds is 4. The van der Waals surface area contributed by atoms with Crippen LogP contribution in [0, 0.1) is 12.3 Å². The molecule has 1 N–H and O–H groups in total. The van der Waals surface area contributed by atoms with Gasteiger partial charge in [0, 0.05) is 0 Å². The highest BCUT2D eigenvalue weighted by Gasteiger charge is 2.08. The molecule has 0 unspecified atom stereocenters. The van der Waals surface area contributed by atoms with Gasteiger partial charge in [0.2, 0.25) is 6.39 Å². The first-order valence-corrected chi connectivity index (χ1v) is 5.70. The lowest BCUT2D eigenvalue weighted by molar-refractivity contribution is 0.411. The number of nitrogens with one attached hydrogen (secondary N) is 1. The van der Waals surface area contributed by atoms with Crippen molar-refractivity contribution >= 4 is 21.6 Å². The van der Waals surface area contributed by atoms with Crippen LogP contribution in [0.5, 0.6) is 0 Å². The number of nitrogens with zero attached hydrogens (tertiary/aromatic N) is 4. The molecule has 0 amide bonds. The third-order valence-electron chi connectivity index (χ3n) is 2.07. The van der Waals surface area contributed by atoms with E-state index in [0.29, 0.717) is 22.5 Å². The Morgan fingerprint density at radius 1 is 1.61 bits per heavy atom. The average molecular weight is 310 g/mol. The van der Waals surface area contributed by atoms with E-state index in [4.69, 9.17) is 6.42 Å². The summed E-state index contributed by atoms with van der Waals surface area (Å²) in [5.74, 6) is 2.83. The summed E-state index contributed by atoms with van der Waals surface area (Å²) in [5, 5.41) is 10.5. The van der Waals surface area contributed by atoms with E-state index in [0.717, 1.165) is 0 Å². The number of terminal acetylenes is 1. The molecule has 2 heterocycles. The van der Waals surface area contributed by atoms with Crippen molar-refractivity contribution in [1.82, 2.24) is 19.9 Å². The van der Waals surface area contributed by atoms with Crippen molar-refractivity contribution < 1.29 is 4.52 Å². The molecule has 0 saturated heterocycles. The highest BCUT2D eigenvalue weighted by molar-refractivity contribution is 9.10. The van der Waals surface area contributed by atoms with Crippen LogP contribution in [-0.4, -0.2) is 19.9 Å². The molecular formula is C10H8BrN5O2. The number of hydrogen-bond donors (Lipinski definition) is 1. The molecule has 0 fully saturated rings. The fraction of sp³-hybridized carbons (Fsp3) is 0.200. The van der Waals surface area contributed by atoms with E-state index in [2.05, 4.69) is 46.9 Å². The minimum Gasteiger partial charge on any atom is -0.375 e. The standard InChI is InChI=1S/C10H8BrN5O2/c1-2-3-16-10(17)9(11)7(4-14-16)12-5-8-13-6-18-15-8/h1,4,6,12H,3,5H2. The molecule has 0 aliphatic rings. The van der Waals surface area contributed by atoms with Gasteiger partial charge in [0.25, 0.3) is 5.56 Å². The zero-order chi connectivity index (χ0) is 13.0. The fourth-order valence-corrected chi connectivity index (χ4v) is 1.68. The molecule has 92 valence electrons. The van der Waals surface area contributed by atoms with Crippen molar-refractivity contribution in [3.8, 4) is 12.3 Å². The smallest absolute Gasteiger partial charge is 0.284 e. The topological polar surface area (TPSA) is 85.8 Å².